The van der Waals surface area contributed by atoms with Crippen LogP contribution in [0.25, 0.3) is 0 Å². The largest absolute Gasteiger partial charge is 0.423 e. The molecule has 0 atom stereocenters. The molecule has 1 heterocycles. The fourth-order valence-electron chi connectivity index (χ4n) is 1.81. The Morgan fingerprint density at radius 3 is 2.61 bits per heavy atom. The summed E-state index contributed by atoms with van der Waals surface area (Å²) in [7, 11) is 0. The third-order valence-electron chi connectivity index (χ3n) is 2.80. The third kappa shape index (κ3) is 3.60. The van der Waals surface area contributed by atoms with Gasteiger partial charge in [0.05, 0.1) is 13.2 Å². The summed E-state index contributed by atoms with van der Waals surface area (Å²) in [6.07, 6.45) is 1.53. The Labute approximate surface area is 107 Å². The van der Waals surface area contributed by atoms with Crippen molar-refractivity contribution in [3.63, 3.8) is 0 Å². The smallest absolute Gasteiger partial charge is 0.337 e. The lowest BCUT2D eigenvalue weighted by molar-refractivity contribution is -0.129. The normalized spacial score (nSPS) is 16.5. The first-order valence-electron chi connectivity index (χ1n) is 6.03. The van der Waals surface area contributed by atoms with E-state index in [9.17, 15) is 4.79 Å². The number of carbonyl (C=O) groups is 1. The van der Waals surface area contributed by atoms with Crippen LogP contribution in [0.4, 0.5) is 0 Å². The molecule has 0 bridgehead atoms. The summed E-state index contributed by atoms with van der Waals surface area (Å²) in [5.41, 5.74) is 0.916. The van der Waals surface area contributed by atoms with Gasteiger partial charge < -0.3 is 14.4 Å². The van der Waals surface area contributed by atoms with Gasteiger partial charge in [-0.25, -0.2) is 4.79 Å². The van der Waals surface area contributed by atoms with Crippen molar-refractivity contribution in [3.8, 4) is 5.75 Å². The number of rotatable bonds is 3. The van der Waals surface area contributed by atoms with Crippen LogP contribution in [-0.4, -0.2) is 37.2 Å². The lowest BCUT2D eigenvalue weighted by Gasteiger charge is -2.29. The highest BCUT2D eigenvalue weighted by atomic mass is 16.5. The molecule has 0 unspecified atom stereocenters. The maximum Gasteiger partial charge on any atom is 0.337 e. The van der Waals surface area contributed by atoms with Gasteiger partial charge in [0.1, 0.15) is 5.75 Å². The van der Waals surface area contributed by atoms with Gasteiger partial charge in [-0.3, -0.25) is 0 Å². The number of hydrogen-bond acceptors (Lipinski definition) is 4. The lowest BCUT2D eigenvalue weighted by Crippen LogP contribution is -2.35. The van der Waals surface area contributed by atoms with E-state index >= 15 is 0 Å². The van der Waals surface area contributed by atoms with Gasteiger partial charge in [0, 0.05) is 24.9 Å². The number of allylic oxidation sites excluding steroid dienone is 1. The van der Waals surface area contributed by atoms with Crippen molar-refractivity contribution in [2.45, 2.75) is 6.92 Å². The van der Waals surface area contributed by atoms with Crippen molar-refractivity contribution in [3.05, 3.63) is 42.1 Å². The topological polar surface area (TPSA) is 38.8 Å². The first-order valence-corrected chi connectivity index (χ1v) is 6.03. The third-order valence-corrected chi connectivity index (χ3v) is 2.80. The molecule has 1 fully saturated rings. The monoisotopic (exact) mass is 247 g/mol. The molecule has 2 rings (SSSR count). The van der Waals surface area contributed by atoms with Crippen molar-refractivity contribution in [1.29, 1.82) is 0 Å². The van der Waals surface area contributed by atoms with E-state index in [4.69, 9.17) is 9.47 Å². The fourth-order valence-corrected chi connectivity index (χ4v) is 1.81. The lowest BCUT2D eigenvalue weighted by atomic mass is 10.3. The molecule has 4 nitrogen and oxygen atoms in total. The van der Waals surface area contributed by atoms with Gasteiger partial charge in [-0.05, 0) is 19.1 Å². The average Bonchev–Trinajstić information content (AvgIpc) is 2.40. The second kappa shape index (κ2) is 6.21. The number of hydrogen-bond donors (Lipinski definition) is 0. The maximum atomic E-state index is 11.7. The molecule has 0 N–H and O–H groups in total. The highest BCUT2D eigenvalue weighted by Crippen LogP contribution is 2.11. The molecule has 1 saturated heterocycles. The van der Waals surface area contributed by atoms with Gasteiger partial charge in [-0.15, -0.1) is 0 Å². The summed E-state index contributed by atoms with van der Waals surface area (Å²) in [6, 6.07) is 9.07. The van der Waals surface area contributed by atoms with Gasteiger partial charge in [0.2, 0.25) is 0 Å². The van der Waals surface area contributed by atoms with E-state index < -0.39 is 0 Å². The number of esters is 1. The Morgan fingerprint density at radius 1 is 1.28 bits per heavy atom. The Kier molecular flexibility index (Phi) is 4.36. The number of ether oxygens (including phenoxy) is 2. The Bertz CT molecular complexity index is 422. The minimum absolute atomic E-state index is 0.342. The van der Waals surface area contributed by atoms with E-state index in [-0.39, 0.29) is 5.97 Å². The predicted molar refractivity (Wildman–Crippen MR) is 68.2 cm³/mol. The highest BCUT2D eigenvalue weighted by Gasteiger charge is 2.12. The van der Waals surface area contributed by atoms with E-state index in [1.807, 2.05) is 25.1 Å². The number of benzene rings is 1. The van der Waals surface area contributed by atoms with Crippen LogP contribution in [0.3, 0.4) is 0 Å². The first kappa shape index (κ1) is 12.6. The SMILES string of the molecule is C/C(=C/C(=O)Oc1ccccc1)N1CCOCC1. The van der Waals surface area contributed by atoms with Gasteiger partial charge in [0.25, 0.3) is 0 Å². The van der Waals surface area contributed by atoms with E-state index in [1.165, 1.54) is 6.08 Å². The van der Waals surface area contributed by atoms with E-state index in [1.54, 1.807) is 12.1 Å². The van der Waals surface area contributed by atoms with Crippen molar-refractivity contribution in [2.24, 2.45) is 0 Å². The predicted octanol–water partition coefficient (Wildman–Crippen LogP) is 1.83. The van der Waals surface area contributed by atoms with Gasteiger partial charge in [-0.2, -0.15) is 0 Å². The average molecular weight is 247 g/mol. The van der Waals surface area contributed by atoms with Crippen LogP contribution >= 0.6 is 0 Å². The molecule has 1 aromatic rings. The summed E-state index contributed by atoms with van der Waals surface area (Å²) < 4.78 is 10.5. The molecule has 0 aromatic heterocycles. The Morgan fingerprint density at radius 2 is 1.94 bits per heavy atom. The van der Waals surface area contributed by atoms with Crippen molar-refractivity contribution in [2.75, 3.05) is 26.3 Å². The zero-order valence-electron chi connectivity index (χ0n) is 10.5. The summed E-state index contributed by atoms with van der Waals surface area (Å²) in [5, 5.41) is 0. The molecule has 1 aliphatic heterocycles. The molecule has 0 amide bonds. The molecule has 0 radical (unpaired) electrons. The van der Waals surface area contributed by atoms with Crippen LogP contribution in [0.15, 0.2) is 42.1 Å². The summed E-state index contributed by atoms with van der Waals surface area (Å²) in [6.45, 7) is 4.97. The number of para-hydroxylation sites is 1. The second-order valence-electron chi connectivity index (χ2n) is 4.12. The zero-order chi connectivity index (χ0) is 12.8. The molecule has 18 heavy (non-hydrogen) atoms. The molecule has 4 heteroatoms. The minimum atomic E-state index is -0.342. The summed E-state index contributed by atoms with van der Waals surface area (Å²) in [5.74, 6) is 0.221. The Balaban J connectivity index is 1.93. The molecule has 96 valence electrons. The fraction of sp³-hybridized carbons (Fsp3) is 0.357. The van der Waals surface area contributed by atoms with Crippen LogP contribution in [-0.2, 0) is 9.53 Å². The number of morpholine rings is 1. The van der Waals surface area contributed by atoms with Crippen LogP contribution in [0.1, 0.15) is 6.92 Å². The maximum absolute atomic E-state index is 11.7. The van der Waals surface area contributed by atoms with E-state index in [0.29, 0.717) is 19.0 Å². The molecule has 0 saturated carbocycles. The summed E-state index contributed by atoms with van der Waals surface area (Å²) in [4.78, 5) is 13.8. The zero-order valence-corrected chi connectivity index (χ0v) is 10.5. The van der Waals surface area contributed by atoms with Gasteiger partial charge in [0.15, 0.2) is 0 Å². The first-order chi connectivity index (χ1) is 8.75. The second-order valence-corrected chi connectivity index (χ2v) is 4.12. The Hall–Kier alpha value is -1.81. The van der Waals surface area contributed by atoms with Crippen molar-refractivity contribution in [1.82, 2.24) is 4.90 Å². The van der Waals surface area contributed by atoms with Crippen molar-refractivity contribution < 1.29 is 14.3 Å². The molecule has 0 spiro atoms. The molecular weight excluding hydrogens is 230 g/mol. The quantitative estimate of drug-likeness (QED) is 0.464. The molecule has 1 aliphatic rings. The van der Waals surface area contributed by atoms with E-state index in [0.717, 1.165) is 18.8 Å². The van der Waals surface area contributed by atoms with Gasteiger partial charge in [-0.1, -0.05) is 18.2 Å². The number of carbonyl (C=O) groups excluding carboxylic acids is 1. The van der Waals surface area contributed by atoms with E-state index in [2.05, 4.69) is 4.90 Å². The van der Waals surface area contributed by atoms with Crippen molar-refractivity contribution >= 4 is 5.97 Å². The molecule has 0 aliphatic carbocycles. The molecular formula is C14H17NO3. The van der Waals surface area contributed by atoms with Crippen LogP contribution in [0.5, 0.6) is 5.75 Å². The summed E-state index contributed by atoms with van der Waals surface area (Å²) >= 11 is 0. The minimum Gasteiger partial charge on any atom is -0.423 e. The highest BCUT2D eigenvalue weighted by molar-refractivity contribution is 5.84. The standard InChI is InChI=1S/C14H17NO3/c1-12(15-7-9-17-10-8-15)11-14(16)18-13-5-3-2-4-6-13/h2-6,11H,7-10H2,1H3/b12-11-. The van der Waals surface area contributed by atoms with Crippen LogP contribution < -0.4 is 4.74 Å². The van der Waals surface area contributed by atoms with Crippen LogP contribution in [0.2, 0.25) is 0 Å². The van der Waals surface area contributed by atoms with Crippen LogP contribution in [0, 0.1) is 0 Å². The van der Waals surface area contributed by atoms with Gasteiger partial charge >= 0.3 is 5.97 Å². The number of nitrogens with zero attached hydrogens (tertiary/aromatic N) is 1. The molecule has 1 aromatic carbocycles.